The number of urea groups is 1. The van der Waals surface area contributed by atoms with Gasteiger partial charge in [0.05, 0.1) is 18.0 Å². The highest BCUT2D eigenvalue weighted by Gasteiger charge is 2.55. The van der Waals surface area contributed by atoms with Crippen molar-refractivity contribution in [1.82, 2.24) is 10.2 Å². The Bertz CT molecular complexity index is 1150. The molecule has 32 heavy (non-hydrogen) atoms. The molecule has 2 N–H and O–H groups in total. The molecule has 9 heteroatoms. The fraction of sp³-hybridized carbons (Fsp3) is 0.304. The zero-order valence-corrected chi connectivity index (χ0v) is 17.5. The topological polar surface area (TPSA) is 108 Å². The average molecular weight is 434 g/mol. The molecule has 3 heterocycles. The lowest BCUT2D eigenvalue weighted by Crippen LogP contribution is -2.49. The highest BCUT2D eigenvalue weighted by molar-refractivity contribution is 6.12. The zero-order chi connectivity index (χ0) is 22.5. The summed E-state index contributed by atoms with van der Waals surface area (Å²) < 4.78 is 5.65. The van der Waals surface area contributed by atoms with Gasteiger partial charge in [0.2, 0.25) is 11.8 Å². The Hall–Kier alpha value is -3.88. The standard InChI is InChI=1S/C23H22N4O5/c1-14-12-19(28)24-16-7-3-4-8-17(16)27(14)20(29)13-26-21(30)23(25-22(26)31)10-11-32-18-9-5-2-6-15(18)23/h2-9,14H,10-13H2,1H3,(H,24,28)(H,25,31)/t14-,23-/m0/s1. The molecule has 5 amide bonds. The summed E-state index contributed by atoms with van der Waals surface area (Å²) in [4.78, 5) is 54.3. The van der Waals surface area contributed by atoms with Crippen LogP contribution in [0.4, 0.5) is 16.2 Å². The van der Waals surface area contributed by atoms with Crippen molar-refractivity contribution in [3.05, 3.63) is 54.1 Å². The zero-order valence-electron chi connectivity index (χ0n) is 17.5. The second kappa shape index (κ2) is 7.37. The van der Waals surface area contributed by atoms with Gasteiger partial charge >= 0.3 is 6.03 Å². The summed E-state index contributed by atoms with van der Waals surface area (Å²) in [5.74, 6) is -0.577. The van der Waals surface area contributed by atoms with Gasteiger partial charge in [-0.25, -0.2) is 4.79 Å². The number of ether oxygens (including phenoxy) is 1. The first-order chi connectivity index (χ1) is 15.4. The molecule has 0 aromatic heterocycles. The van der Waals surface area contributed by atoms with Gasteiger partial charge < -0.3 is 20.3 Å². The molecule has 3 aliphatic heterocycles. The van der Waals surface area contributed by atoms with Crippen molar-refractivity contribution in [1.29, 1.82) is 0 Å². The molecule has 0 aliphatic carbocycles. The van der Waals surface area contributed by atoms with Crippen molar-refractivity contribution >= 4 is 35.1 Å². The van der Waals surface area contributed by atoms with Crippen LogP contribution in [0.15, 0.2) is 48.5 Å². The minimum atomic E-state index is -1.24. The third kappa shape index (κ3) is 3.00. The maximum Gasteiger partial charge on any atom is 0.325 e. The number of para-hydroxylation sites is 3. The van der Waals surface area contributed by atoms with E-state index in [2.05, 4.69) is 10.6 Å². The molecule has 2 aromatic rings. The van der Waals surface area contributed by atoms with E-state index in [4.69, 9.17) is 4.74 Å². The monoisotopic (exact) mass is 434 g/mol. The Labute approximate surface area is 184 Å². The van der Waals surface area contributed by atoms with Gasteiger partial charge in [0, 0.05) is 24.4 Å². The Morgan fingerprint density at radius 1 is 1.12 bits per heavy atom. The predicted octanol–water partition coefficient (Wildman–Crippen LogP) is 1.98. The van der Waals surface area contributed by atoms with Crippen LogP contribution in [-0.2, 0) is 19.9 Å². The van der Waals surface area contributed by atoms with Crippen LogP contribution in [0.2, 0.25) is 0 Å². The van der Waals surface area contributed by atoms with Crippen molar-refractivity contribution in [2.45, 2.75) is 31.3 Å². The predicted molar refractivity (Wildman–Crippen MR) is 115 cm³/mol. The Morgan fingerprint density at radius 2 is 1.88 bits per heavy atom. The van der Waals surface area contributed by atoms with Gasteiger partial charge in [-0.2, -0.15) is 0 Å². The Morgan fingerprint density at radius 3 is 2.72 bits per heavy atom. The number of hydrogen-bond donors (Lipinski definition) is 2. The van der Waals surface area contributed by atoms with Crippen LogP contribution < -0.4 is 20.3 Å². The number of carbonyl (C=O) groups excluding carboxylic acids is 4. The SMILES string of the molecule is C[C@H]1CC(=O)Nc2ccccc2N1C(=O)CN1C(=O)N[C@]2(CCOc3ccccc32)C1=O. The molecule has 0 bridgehead atoms. The van der Waals surface area contributed by atoms with Crippen molar-refractivity contribution in [3.63, 3.8) is 0 Å². The van der Waals surface area contributed by atoms with Crippen LogP contribution in [0.25, 0.3) is 0 Å². The number of nitrogens with one attached hydrogen (secondary N) is 2. The highest BCUT2D eigenvalue weighted by atomic mass is 16.5. The number of benzene rings is 2. The molecule has 2 atom stereocenters. The van der Waals surface area contributed by atoms with E-state index in [9.17, 15) is 19.2 Å². The van der Waals surface area contributed by atoms with E-state index < -0.39 is 36.0 Å². The van der Waals surface area contributed by atoms with Gasteiger partial charge in [-0.05, 0) is 25.1 Å². The van der Waals surface area contributed by atoms with Crippen LogP contribution in [0.5, 0.6) is 5.75 Å². The average Bonchev–Trinajstić information content (AvgIpc) is 2.91. The number of fused-ring (bicyclic) bond motifs is 3. The van der Waals surface area contributed by atoms with Crippen molar-refractivity contribution in [2.24, 2.45) is 0 Å². The van der Waals surface area contributed by atoms with Crippen LogP contribution in [0, 0.1) is 0 Å². The van der Waals surface area contributed by atoms with Crippen molar-refractivity contribution in [2.75, 3.05) is 23.4 Å². The summed E-state index contributed by atoms with van der Waals surface area (Å²) >= 11 is 0. The maximum absolute atomic E-state index is 13.5. The lowest BCUT2D eigenvalue weighted by molar-refractivity contribution is -0.135. The van der Waals surface area contributed by atoms with E-state index in [1.807, 2.05) is 0 Å². The number of nitrogens with zero attached hydrogens (tertiary/aromatic N) is 2. The van der Waals surface area contributed by atoms with Gasteiger partial charge in [0.1, 0.15) is 12.3 Å². The summed E-state index contributed by atoms with van der Waals surface area (Å²) in [5.41, 5.74) is 0.394. The number of rotatable bonds is 2. The molecule has 9 nitrogen and oxygen atoms in total. The van der Waals surface area contributed by atoms with Crippen LogP contribution in [-0.4, -0.2) is 47.8 Å². The normalized spacial score (nSPS) is 24.3. The highest BCUT2D eigenvalue weighted by Crippen LogP contribution is 2.41. The summed E-state index contributed by atoms with van der Waals surface area (Å²) in [6, 6.07) is 13.0. The minimum Gasteiger partial charge on any atom is -0.493 e. The van der Waals surface area contributed by atoms with Crippen LogP contribution >= 0.6 is 0 Å². The van der Waals surface area contributed by atoms with Gasteiger partial charge in [-0.15, -0.1) is 0 Å². The first-order valence-corrected chi connectivity index (χ1v) is 10.5. The second-order valence-corrected chi connectivity index (χ2v) is 8.20. The summed E-state index contributed by atoms with van der Waals surface area (Å²) in [6.07, 6.45) is 0.385. The molecular formula is C23H22N4O5. The molecule has 3 aliphatic rings. The quantitative estimate of drug-likeness (QED) is 0.703. The number of hydrogen-bond acceptors (Lipinski definition) is 5. The van der Waals surface area contributed by atoms with Gasteiger partial charge in [0.25, 0.3) is 5.91 Å². The van der Waals surface area contributed by atoms with Gasteiger partial charge in [-0.1, -0.05) is 30.3 Å². The molecule has 1 spiro atoms. The third-order valence-electron chi connectivity index (χ3n) is 6.18. The van der Waals surface area contributed by atoms with E-state index >= 15 is 0 Å². The Balaban J connectivity index is 1.45. The summed E-state index contributed by atoms with van der Waals surface area (Å²) in [5, 5.41) is 5.60. The van der Waals surface area contributed by atoms with Crippen LogP contribution in [0.1, 0.15) is 25.3 Å². The first-order valence-electron chi connectivity index (χ1n) is 10.5. The number of anilines is 2. The maximum atomic E-state index is 13.5. The fourth-order valence-corrected chi connectivity index (χ4v) is 4.69. The van der Waals surface area contributed by atoms with Gasteiger partial charge in [-0.3, -0.25) is 19.3 Å². The molecule has 0 radical (unpaired) electrons. The lowest BCUT2D eigenvalue weighted by Gasteiger charge is -2.33. The minimum absolute atomic E-state index is 0.106. The second-order valence-electron chi connectivity index (χ2n) is 8.20. The van der Waals surface area contributed by atoms with Crippen LogP contribution in [0.3, 0.4) is 0 Å². The molecule has 1 saturated heterocycles. The number of imide groups is 1. The number of amides is 5. The van der Waals surface area contributed by atoms with Crippen molar-refractivity contribution < 1.29 is 23.9 Å². The van der Waals surface area contributed by atoms with E-state index in [0.717, 1.165) is 4.90 Å². The van der Waals surface area contributed by atoms with E-state index in [1.165, 1.54) is 4.90 Å². The smallest absolute Gasteiger partial charge is 0.325 e. The fourth-order valence-electron chi connectivity index (χ4n) is 4.69. The molecule has 5 rings (SSSR count). The molecular weight excluding hydrogens is 412 g/mol. The molecule has 1 fully saturated rings. The summed E-state index contributed by atoms with van der Waals surface area (Å²) in [6.45, 7) is 1.61. The summed E-state index contributed by atoms with van der Waals surface area (Å²) in [7, 11) is 0. The molecule has 164 valence electrons. The molecule has 0 unspecified atom stereocenters. The largest absolute Gasteiger partial charge is 0.493 e. The third-order valence-corrected chi connectivity index (χ3v) is 6.18. The van der Waals surface area contributed by atoms with E-state index in [-0.39, 0.29) is 25.4 Å². The molecule has 0 saturated carbocycles. The Kier molecular flexibility index (Phi) is 4.61. The number of carbonyl (C=O) groups is 4. The van der Waals surface area contributed by atoms with Crippen molar-refractivity contribution in [3.8, 4) is 5.75 Å². The first kappa shape index (κ1) is 20.0. The lowest BCUT2D eigenvalue weighted by atomic mass is 9.84. The van der Waals surface area contributed by atoms with Gasteiger partial charge in [0.15, 0.2) is 5.54 Å². The van der Waals surface area contributed by atoms with E-state index in [0.29, 0.717) is 22.7 Å². The molecule has 2 aromatic carbocycles. The van der Waals surface area contributed by atoms with E-state index in [1.54, 1.807) is 55.5 Å².